The van der Waals surface area contributed by atoms with Gasteiger partial charge in [0, 0.05) is 58.4 Å². The summed E-state index contributed by atoms with van der Waals surface area (Å²) in [4.78, 5) is 16.7. The number of hydrogen-bond donors (Lipinski definition) is 2. The second kappa shape index (κ2) is 12.3. The highest BCUT2D eigenvalue weighted by Gasteiger charge is 2.24. The van der Waals surface area contributed by atoms with E-state index in [-0.39, 0.29) is 36.8 Å². The Kier molecular flexibility index (Phi) is 12.2. The molecule has 2 saturated heterocycles. The lowest BCUT2D eigenvalue weighted by molar-refractivity contribution is -0.126. The molecule has 0 bridgehead atoms. The van der Waals surface area contributed by atoms with Crippen LogP contribution in [0.25, 0.3) is 0 Å². The maximum absolute atomic E-state index is 12.0. The molecule has 23 heavy (non-hydrogen) atoms. The van der Waals surface area contributed by atoms with Gasteiger partial charge in [-0.25, -0.2) is 0 Å². The predicted octanol–water partition coefficient (Wildman–Crippen LogP) is 0.351. The normalized spacial score (nSPS) is 23.0. The third-order valence-corrected chi connectivity index (χ3v) is 4.27. The number of hydrogen-bond acceptors (Lipinski definition) is 5. The van der Waals surface area contributed by atoms with Crippen molar-refractivity contribution in [2.45, 2.75) is 32.4 Å². The smallest absolute Gasteiger partial charge is 0.222 e. The van der Waals surface area contributed by atoms with Gasteiger partial charge in [0.05, 0.1) is 19.1 Å². The lowest BCUT2D eigenvalue weighted by Gasteiger charge is -2.35. The van der Waals surface area contributed by atoms with Gasteiger partial charge in [-0.05, 0) is 13.8 Å². The summed E-state index contributed by atoms with van der Waals surface area (Å²) in [5.41, 5.74) is 0. The van der Waals surface area contributed by atoms with E-state index in [1.165, 1.54) is 0 Å². The third-order valence-electron chi connectivity index (χ3n) is 4.27. The highest BCUT2D eigenvalue weighted by Crippen LogP contribution is 2.11. The highest BCUT2D eigenvalue weighted by atomic mass is 35.5. The van der Waals surface area contributed by atoms with Crippen molar-refractivity contribution in [2.75, 3.05) is 59.0 Å². The lowest BCUT2D eigenvalue weighted by atomic mass is 10.1. The molecule has 2 N–H and O–H groups in total. The molecular weight excluding hydrogens is 339 g/mol. The van der Waals surface area contributed by atoms with Crippen LogP contribution in [0.3, 0.4) is 0 Å². The molecule has 6 nitrogen and oxygen atoms in total. The molecule has 1 unspecified atom stereocenters. The molecule has 0 aliphatic carbocycles. The van der Waals surface area contributed by atoms with Gasteiger partial charge in [-0.2, -0.15) is 0 Å². The van der Waals surface area contributed by atoms with Crippen molar-refractivity contribution in [3.63, 3.8) is 0 Å². The van der Waals surface area contributed by atoms with Crippen LogP contribution in [0.1, 0.15) is 20.3 Å². The summed E-state index contributed by atoms with van der Waals surface area (Å²) in [6, 6.07) is 0.521. The zero-order valence-corrected chi connectivity index (χ0v) is 15.9. The third kappa shape index (κ3) is 8.52. The van der Waals surface area contributed by atoms with Crippen LogP contribution in [-0.2, 0) is 9.53 Å². The first-order valence-corrected chi connectivity index (χ1v) is 8.20. The van der Waals surface area contributed by atoms with Crippen LogP contribution in [0.2, 0.25) is 0 Å². The monoisotopic (exact) mass is 370 g/mol. The molecule has 8 heteroatoms. The molecule has 0 radical (unpaired) electrons. The summed E-state index contributed by atoms with van der Waals surface area (Å²) in [7, 11) is 0. The first-order valence-electron chi connectivity index (χ1n) is 8.20. The molecule has 0 saturated carbocycles. The van der Waals surface area contributed by atoms with Gasteiger partial charge >= 0.3 is 0 Å². The molecule has 1 amide bonds. The average Bonchev–Trinajstić information content (AvgIpc) is 2.48. The summed E-state index contributed by atoms with van der Waals surface area (Å²) in [6.45, 7) is 12.9. The van der Waals surface area contributed by atoms with Gasteiger partial charge in [0.15, 0.2) is 0 Å². The highest BCUT2D eigenvalue weighted by molar-refractivity contribution is 5.85. The van der Waals surface area contributed by atoms with E-state index >= 15 is 0 Å². The van der Waals surface area contributed by atoms with Crippen molar-refractivity contribution >= 4 is 30.7 Å². The predicted molar refractivity (Wildman–Crippen MR) is 97.9 cm³/mol. The maximum Gasteiger partial charge on any atom is 0.222 e. The summed E-state index contributed by atoms with van der Waals surface area (Å²) in [5.74, 6) is 0.112. The first-order chi connectivity index (χ1) is 10.1. The molecule has 0 aromatic rings. The minimum Gasteiger partial charge on any atom is -0.375 e. The summed E-state index contributed by atoms with van der Waals surface area (Å²) >= 11 is 0. The molecule has 0 aromatic heterocycles. The van der Waals surface area contributed by atoms with Gasteiger partial charge in [-0.1, -0.05) is 0 Å². The zero-order chi connectivity index (χ0) is 15.1. The van der Waals surface area contributed by atoms with Crippen LogP contribution >= 0.6 is 24.8 Å². The number of piperazine rings is 1. The summed E-state index contributed by atoms with van der Waals surface area (Å²) in [5, 5.41) is 6.35. The van der Waals surface area contributed by atoms with Crippen LogP contribution < -0.4 is 10.6 Å². The fourth-order valence-electron chi connectivity index (χ4n) is 2.90. The molecule has 0 aromatic carbocycles. The largest absolute Gasteiger partial charge is 0.375 e. The number of ether oxygens (including phenoxy) is 1. The van der Waals surface area contributed by atoms with Gasteiger partial charge in [0.1, 0.15) is 0 Å². The lowest BCUT2D eigenvalue weighted by Crippen LogP contribution is -2.48. The molecule has 0 spiro atoms. The van der Waals surface area contributed by atoms with E-state index in [0.717, 1.165) is 59.0 Å². The number of halogens is 2. The van der Waals surface area contributed by atoms with Crippen LogP contribution in [0.5, 0.6) is 0 Å². The molecule has 2 aliphatic heterocycles. The number of rotatable bonds is 6. The summed E-state index contributed by atoms with van der Waals surface area (Å²) in [6.07, 6.45) is 0.519. The fraction of sp³-hybridized carbons (Fsp3) is 0.933. The molecule has 2 fully saturated rings. The van der Waals surface area contributed by atoms with E-state index in [0.29, 0.717) is 12.5 Å². The molecular formula is C15H32Cl2N4O2. The van der Waals surface area contributed by atoms with Crippen molar-refractivity contribution in [1.82, 2.24) is 20.4 Å². The maximum atomic E-state index is 12.0. The van der Waals surface area contributed by atoms with Crippen molar-refractivity contribution < 1.29 is 9.53 Å². The SMILES string of the molecule is CC(C)N1CCOC(CC(=O)NCCN2CCNCC2)C1.Cl.Cl. The van der Waals surface area contributed by atoms with Crippen LogP contribution in [0.15, 0.2) is 0 Å². The Morgan fingerprint density at radius 1 is 1.26 bits per heavy atom. The number of amides is 1. The van der Waals surface area contributed by atoms with Gasteiger partial charge in [0.2, 0.25) is 5.91 Å². The Morgan fingerprint density at radius 2 is 1.96 bits per heavy atom. The number of carbonyl (C=O) groups excluding carboxylic acids is 1. The molecule has 138 valence electrons. The van der Waals surface area contributed by atoms with Crippen molar-refractivity contribution in [1.29, 1.82) is 0 Å². The van der Waals surface area contributed by atoms with E-state index < -0.39 is 0 Å². The van der Waals surface area contributed by atoms with Gasteiger partial charge in [-0.15, -0.1) is 24.8 Å². The molecule has 2 heterocycles. The second-order valence-corrected chi connectivity index (χ2v) is 6.23. The number of carbonyl (C=O) groups is 1. The fourth-order valence-corrected chi connectivity index (χ4v) is 2.90. The Hall–Kier alpha value is -0.110. The number of morpholine rings is 1. The van der Waals surface area contributed by atoms with Crippen molar-refractivity contribution in [3.05, 3.63) is 0 Å². The zero-order valence-electron chi connectivity index (χ0n) is 14.3. The van der Waals surface area contributed by atoms with Crippen molar-refractivity contribution in [3.8, 4) is 0 Å². The number of nitrogens with zero attached hydrogens (tertiary/aromatic N) is 2. The minimum atomic E-state index is 0. The Balaban J connectivity index is 0.00000242. The molecule has 2 rings (SSSR count). The minimum absolute atomic E-state index is 0. The van der Waals surface area contributed by atoms with Crippen LogP contribution in [-0.4, -0.2) is 86.8 Å². The average molecular weight is 371 g/mol. The van der Waals surface area contributed by atoms with E-state index in [9.17, 15) is 4.79 Å². The van der Waals surface area contributed by atoms with E-state index in [4.69, 9.17) is 4.74 Å². The first kappa shape index (κ1) is 22.9. The van der Waals surface area contributed by atoms with Crippen LogP contribution in [0.4, 0.5) is 0 Å². The molecule has 2 aliphatic rings. The molecule has 1 atom stereocenters. The second-order valence-electron chi connectivity index (χ2n) is 6.23. The van der Waals surface area contributed by atoms with Crippen LogP contribution in [0, 0.1) is 0 Å². The van der Waals surface area contributed by atoms with Gasteiger partial charge in [-0.3, -0.25) is 14.6 Å². The Morgan fingerprint density at radius 3 is 2.61 bits per heavy atom. The van der Waals surface area contributed by atoms with Gasteiger partial charge < -0.3 is 15.4 Å². The Labute approximate surface area is 152 Å². The van der Waals surface area contributed by atoms with Gasteiger partial charge in [0.25, 0.3) is 0 Å². The van der Waals surface area contributed by atoms with E-state index in [2.05, 4.69) is 34.3 Å². The topological polar surface area (TPSA) is 56.8 Å². The standard InChI is InChI=1S/C15H30N4O2.2ClH/c1-13(2)19-9-10-21-14(12-19)11-15(20)17-5-8-18-6-3-16-4-7-18;;/h13-14,16H,3-12H2,1-2H3,(H,17,20);2*1H. The quantitative estimate of drug-likeness (QED) is 0.706. The number of nitrogens with one attached hydrogen (secondary N) is 2. The van der Waals surface area contributed by atoms with E-state index in [1.54, 1.807) is 0 Å². The van der Waals surface area contributed by atoms with Crippen molar-refractivity contribution in [2.24, 2.45) is 0 Å². The van der Waals surface area contributed by atoms with E-state index in [1.807, 2.05) is 0 Å². The summed E-state index contributed by atoms with van der Waals surface area (Å²) < 4.78 is 5.70. The Bertz CT molecular complexity index is 329.